The Morgan fingerprint density at radius 1 is 1.38 bits per heavy atom. The molecule has 0 radical (unpaired) electrons. The highest BCUT2D eigenvalue weighted by atomic mass is 16.6. The van der Waals surface area contributed by atoms with E-state index in [9.17, 15) is 9.90 Å². The molecule has 0 aromatic heterocycles. The molecule has 1 spiro atoms. The Morgan fingerprint density at radius 3 is 2.38 bits per heavy atom. The topological polar surface area (TPSA) is 49.8 Å². The highest BCUT2D eigenvalue weighted by Crippen LogP contribution is 2.51. The highest BCUT2D eigenvalue weighted by Gasteiger charge is 2.52. The molecule has 4 heteroatoms. The third kappa shape index (κ3) is 1.90. The third-order valence-corrected chi connectivity index (χ3v) is 3.67. The fourth-order valence-corrected chi connectivity index (χ4v) is 2.58. The van der Waals surface area contributed by atoms with E-state index in [-0.39, 0.29) is 11.5 Å². The maximum atomic E-state index is 11.8. The predicted octanol–water partition coefficient (Wildman–Crippen LogP) is 2.12. The van der Waals surface area contributed by atoms with E-state index < -0.39 is 11.8 Å². The molecule has 1 amide bonds. The molecule has 1 aliphatic carbocycles. The molecule has 1 saturated carbocycles. The number of aliphatic hydroxyl groups is 1. The van der Waals surface area contributed by atoms with Gasteiger partial charge in [-0.05, 0) is 40.0 Å². The first-order valence-corrected chi connectivity index (χ1v) is 6.02. The Balaban J connectivity index is 1.99. The first-order chi connectivity index (χ1) is 7.34. The fourth-order valence-electron chi connectivity index (χ4n) is 2.58. The van der Waals surface area contributed by atoms with E-state index in [1.165, 1.54) is 11.3 Å². The quantitative estimate of drug-likeness (QED) is 0.689. The summed E-state index contributed by atoms with van der Waals surface area (Å²) >= 11 is 0. The number of carbonyl (C=O) groups excluding carboxylic acids is 1. The van der Waals surface area contributed by atoms with Crippen molar-refractivity contribution in [1.82, 2.24) is 4.90 Å². The molecule has 1 N–H and O–H groups in total. The van der Waals surface area contributed by atoms with Crippen LogP contribution in [0.1, 0.15) is 46.5 Å². The van der Waals surface area contributed by atoms with Gasteiger partial charge in [-0.25, -0.2) is 4.79 Å². The summed E-state index contributed by atoms with van der Waals surface area (Å²) in [5, 5.41) is 10.2. The van der Waals surface area contributed by atoms with Crippen molar-refractivity contribution in [3.8, 4) is 0 Å². The minimum Gasteiger partial charge on any atom is -0.444 e. The van der Waals surface area contributed by atoms with E-state index in [0.717, 1.165) is 19.3 Å². The van der Waals surface area contributed by atoms with Crippen molar-refractivity contribution in [2.45, 2.75) is 58.3 Å². The second-order valence-electron chi connectivity index (χ2n) is 6.01. The van der Waals surface area contributed by atoms with Crippen LogP contribution in [-0.2, 0) is 4.74 Å². The van der Waals surface area contributed by atoms with Crippen LogP contribution in [-0.4, -0.2) is 34.5 Å². The lowest BCUT2D eigenvalue weighted by molar-refractivity contribution is -0.0806. The van der Waals surface area contributed by atoms with Gasteiger partial charge >= 0.3 is 6.09 Å². The molecule has 1 saturated heterocycles. The molecule has 16 heavy (non-hydrogen) atoms. The Bertz CT molecular complexity index is 291. The monoisotopic (exact) mass is 227 g/mol. The first kappa shape index (κ1) is 11.7. The molecule has 4 nitrogen and oxygen atoms in total. The average Bonchev–Trinajstić information content (AvgIpc) is 2.38. The van der Waals surface area contributed by atoms with E-state index in [1.807, 2.05) is 20.8 Å². The molecule has 2 rings (SSSR count). The minimum atomic E-state index is -0.643. The lowest BCUT2D eigenvalue weighted by atomic mass is 9.67. The van der Waals surface area contributed by atoms with E-state index >= 15 is 0 Å². The Hall–Kier alpha value is -0.770. The van der Waals surface area contributed by atoms with Crippen molar-refractivity contribution in [2.75, 3.05) is 6.54 Å². The standard InChI is InChI=1S/C12H21NO3/c1-11(2,3)16-10(15)13-8-7-12(9(13)14)5-4-6-12/h9,14H,4-8H2,1-3H3. The molecular formula is C12H21NO3. The molecule has 92 valence electrons. The Morgan fingerprint density at radius 2 is 2.00 bits per heavy atom. The van der Waals surface area contributed by atoms with Crippen LogP contribution in [0.15, 0.2) is 0 Å². The van der Waals surface area contributed by atoms with Crippen molar-refractivity contribution in [3.05, 3.63) is 0 Å². The summed E-state index contributed by atoms with van der Waals surface area (Å²) < 4.78 is 5.28. The van der Waals surface area contributed by atoms with Gasteiger partial charge < -0.3 is 9.84 Å². The number of nitrogens with zero attached hydrogens (tertiary/aromatic N) is 1. The van der Waals surface area contributed by atoms with Gasteiger partial charge in [0.15, 0.2) is 0 Å². The van der Waals surface area contributed by atoms with E-state index in [4.69, 9.17) is 4.74 Å². The Labute approximate surface area is 96.6 Å². The van der Waals surface area contributed by atoms with E-state index in [0.29, 0.717) is 6.54 Å². The molecule has 1 heterocycles. The summed E-state index contributed by atoms with van der Waals surface area (Å²) in [5.41, 5.74) is -0.511. The van der Waals surface area contributed by atoms with Crippen LogP contribution in [0.25, 0.3) is 0 Å². The molecular weight excluding hydrogens is 206 g/mol. The minimum absolute atomic E-state index is 0.0170. The van der Waals surface area contributed by atoms with Gasteiger partial charge in [0.05, 0.1) is 0 Å². The number of amides is 1. The molecule has 1 aliphatic heterocycles. The second-order valence-corrected chi connectivity index (χ2v) is 6.01. The number of ether oxygens (including phenoxy) is 1. The zero-order valence-electron chi connectivity index (χ0n) is 10.3. The van der Waals surface area contributed by atoms with Crippen molar-refractivity contribution in [2.24, 2.45) is 5.41 Å². The largest absolute Gasteiger partial charge is 0.444 e. The maximum Gasteiger partial charge on any atom is 0.412 e. The van der Waals surface area contributed by atoms with Crippen molar-refractivity contribution >= 4 is 6.09 Å². The fraction of sp³-hybridized carbons (Fsp3) is 0.917. The molecule has 0 aromatic carbocycles. The van der Waals surface area contributed by atoms with Gasteiger partial charge in [0.1, 0.15) is 11.8 Å². The number of likely N-dealkylation sites (tertiary alicyclic amines) is 1. The summed E-state index contributed by atoms with van der Waals surface area (Å²) in [7, 11) is 0. The number of rotatable bonds is 0. The lowest BCUT2D eigenvalue weighted by Crippen LogP contribution is -2.47. The summed E-state index contributed by atoms with van der Waals surface area (Å²) in [6, 6.07) is 0. The number of hydrogen-bond donors (Lipinski definition) is 1. The molecule has 2 aliphatic rings. The van der Waals surface area contributed by atoms with Crippen LogP contribution >= 0.6 is 0 Å². The van der Waals surface area contributed by atoms with Crippen LogP contribution in [0.2, 0.25) is 0 Å². The summed E-state index contributed by atoms with van der Waals surface area (Å²) in [5.74, 6) is 0. The number of carbonyl (C=O) groups is 1. The van der Waals surface area contributed by atoms with E-state index in [1.54, 1.807) is 0 Å². The molecule has 2 fully saturated rings. The van der Waals surface area contributed by atoms with Crippen LogP contribution in [0.3, 0.4) is 0 Å². The molecule has 0 bridgehead atoms. The van der Waals surface area contributed by atoms with Gasteiger partial charge in [-0.1, -0.05) is 6.42 Å². The van der Waals surface area contributed by atoms with Gasteiger partial charge in [-0.15, -0.1) is 0 Å². The predicted molar refractivity (Wildman–Crippen MR) is 59.8 cm³/mol. The summed E-state index contributed by atoms with van der Waals surface area (Å²) in [4.78, 5) is 13.3. The van der Waals surface area contributed by atoms with E-state index in [2.05, 4.69) is 0 Å². The average molecular weight is 227 g/mol. The third-order valence-electron chi connectivity index (χ3n) is 3.67. The van der Waals surface area contributed by atoms with Crippen LogP contribution in [0.4, 0.5) is 4.79 Å². The van der Waals surface area contributed by atoms with Crippen LogP contribution in [0, 0.1) is 5.41 Å². The van der Waals surface area contributed by atoms with Gasteiger partial charge in [0, 0.05) is 12.0 Å². The molecule has 1 unspecified atom stereocenters. The maximum absolute atomic E-state index is 11.8. The van der Waals surface area contributed by atoms with Crippen LogP contribution < -0.4 is 0 Å². The van der Waals surface area contributed by atoms with Gasteiger partial charge in [0.2, 0.25) is 0 Å². The van der Waals surface area contributed by atoms with Crippen LogP contribution in [0.5, 0.6) is 0 Å². The second kappa shape index (κ2) is 3.62. The summed E-state index contributed by atoms with van der Waals surface area (Å²) in [6.45, 7) is 6.14. The van der Waals surface area contributed by atoms with Gasteiger partial charge in [-0.2, -0.15) is 0 Å². The summed E-state index contributed by atoms with van der Waals surface area (Å²) in [6.07, 6.45) is 3.12. The van der Waals surface area contributed by atoms with Crippen molar-refractivity contribution < 1.29 is 14.6 Å². The van der Waals surface area contributed by atoms with Gasteiger partial charge in [-0.3, -0.25) is 4.90 Å². The molecule has 0 aromatic rings. The van der Waals surface area contributed by atoms with Crippen molar-refractivity contribution in [1.29, 1.82) is 0 Å². The number of hydrogen-bond acceptors (Lipinski definition) is 3. The Kier molecular flexibility index (Phi) is 2.65. The smallest absolute Gasteiger partial charge is 0.412 e. The SMILES string of the molecule is CC(C)(C)OC(=O)N1CCC2(CCC2)C1O. The first-order valence-electron chi connectivity index (χ1n) is 6.02. The van der Waals surface area contributed by atoms with Gasteiger partial charge in [0.25, 0.3) is 0 Å². The molecule has 1 atom stereocenters. The number of aliphatic hydroxyl groups excluding tert-OH is 1. The van der Waals surface area contributed by atoms with Crippen molar-refractivity contribution in [3.63, 3.8) is 0 Å². The zero-order chi connectivity index (χ0) is 12.0. The lowest BCUT2D eigenvalue weighted by Gasteiger charge is -2.41. The highest BCUT2D eigenvalue weighted by molar-refractivity contribution is 5.69. The zero-order valence-corrected chi connectivity index (χ0v) is 10.3. The normalized spacial score (nSPS) is 28.0.